The second kappa shape index (κ2) is 2.73. The van der Waals surface area contributed by atoms with Crippen molar-refractivity contribution in [3.8, 4) is 0 Å². The van der Waals surface area contributed by atoms with Gasteiger partial charge >= 0.3 is 0 Å². The van der Waals surface area contributed by atoms with E-state index >= 15 is 0 Å². The van der Waals surface area contributed by atoms with E-state index in [9.17, 15) is 0 Å². The van der Waals surface area contributed by atoms with Crippen LogP contribution < -0.4 is 10.5 Å². The average molecular weight is 173 g/mol. The number of nitrogens with zero attached hydrogens (tertiary/aromatic N) is 1. The minimum absolute atomic E-state index is 1.10. The zero-order valence-electron chi connectivity index (χ0n) is 7.91. The Bertz CT molecular complexity index is 461. The van der Waals surface area contributed by atoms with Gasteiger partial charge < -0.3 is 0 Å². The second-order valence-corrected chi connectivity index (χ2v) is 3.35. The minimum atomic E-state index is 1.10. The molecule has 0 amide bonds. The van der Waals surface area contributed by atoms with Crippen LogP contribution in [0.5, 0.6) is 0 Å². The fourth-order valence-corrected chi connectivity index (χ4v) is 1.66. The smallest absolute Gasteiger partial charge is 0.205 e. The maximum atomic E-state index is 5.80. The summed E-state index contributed by atoms with van der Waals surface area (Å²) in [7, 11) is 0. The van der Waals surface area contributed by atoms with E-state index in [-0.39, 0.29) is 0 Å². The monoisotopic (exact) mass is 173 g/mol. The molecule has 2 aromatic rings. The predicted molar refractivity (Wildman–Crippen MR) is 53.8 cm³/mol. The van der Waals surface area contributed by atoms with Gasteiger partial charge in [-0.25, -0.2) is 5.84 Å². The van der Waals surface area contributed by atoms with Crippen LogP contribution in [0.1, 0.15) is 11.3 Å². The molecule has 0 saturated heterocycles. The van der Waals surface area contributed by atoms with Crippen molar-refractivity contribution in [3.05, 3.63) is 41.7 Å². The van der Waals surface area contributed by atoms with Crippen molar-refractivity contribution < 1.29 is 4.68 Å². The lowest BCUT2D eigenvalue weighted by molar-refractivity contribution is -0.644. The Kier molecular flexibility index (Phi) is 1.69. The summed E-state index contributed by atoms with van der Waals surface area (Å²) in [5.41, 5.74) is 2.31. The summed E-state index contributed by atoms with van der Waals surface area (Å²) in [4.78, 5) is 0. The van der Waals surface area contributed by atoms with Crippen LogP contribution >= 0.6 is 0 Å². The number of benzene rings is 1. The molecule has 1 aromatic carbocycles. The highest BCUT2D eigenvalue weighted by Gasteiger charge is 2.09. The van der Waals surface area contributed by atoms with Crippen molar-refractivity contribution in [2.24, 2.45) is 0 Å². The Morgan fingerprint density at radius 2 is 1.69 bits per heavy atom. The van der Waals surface area contributed by atoms with Crippen molar-refractivity contribution in [2.45, 2.75) is 13.8 Å². The number of nitrogens with two attached hydrogens (primary N) is 1. The molecular weight excluding hydrogens is 160 g/mol. The molecule has 2 rings (SSSR count). The molecule has 66 valence electrons. The topological polar surface area (TPSA) is 29.9 Å². The quantitative estimate of drug-likeness (QED) is 0.474. The Labute approximate surface area is 77.6 Å². The van der Waals surface area contributed by atoms with Gasteiger partial charge in [-0.05, 0) is 18.4 Å². The molecule has 1 aromatic heterocycles. The first kappa shape index (κ1) is 8.05. The number of hydrogen-bond donors (Lipinski definition) is 1. The van der Waals surface area contributed by atoms with Crippen LogP contribution in [0.2, 0.25) is 0 Å². The number of hydrogen-bond acceptors (Lipinski definition) is 1. The zero-order valence-corrected chi connectivity index (χ0v) is 7.91. The first-order valence-corrected chi connectivity index (χ1v) is 4.36. The summed E-state index contributed by atoms with van der Waals surface area (Å²) in [6, 6.07) is 8.31. The normalized spacial score (nSPS) is 10.6. The molecule has 1 heterocycles. The molecule has 0 bridgehead atoms. The van der Waals surface area contributed by atoms with Crippen molar-refractivity contribution in [1.82, 2.24) is 0 Å². The molecule has 0 atom stereocenters. The van der Waals surface area contributed by atoms with E-state index in [1.807, 2.05) is 19.2 Å². The summed E-state index contributed by atoms with van der Waals surface area (Å²) in [5.74, 6) is 5.80. The van der Waals surface area contributed by atoms with Gasteiger partial charge in [0.25, 0.3) is 0 Å². The second-order valence-electron chi connectivity index (χ2n) is 3.35. The summed E-state index contributed by atoms with van der Waals surface area (Å²) >= 11 is 0. The molecule has 0 saturated carbocycles. The standard InChI is InChI=1S/C11H13N2/c1-8-7-13(12)9(2)11-6-4-3-5-10(8)11/h3-7H,12H2,1-2H3/q+1. The van der Waals surface area contributed by atoms with Gasteiger partial charge in [-0.3, -0.25) is 0 Å². The van der Waals surface area contributed by atoms with Gasteiger partial charge in [0.2, 0.25) is 11.9 Å². The Morgan fingerprint density at radius 1 is 1.08 bits per heavy atom. The highest BCUT2D eigenvalue weighted by atomic mass is 15.3. The van der Waals surface area contributed by atoms with Crippen LogP contribution in [0.25, 0.3) is 10.8 Å². The number of pyridine rings is 1. The van der Waals surface area contributed by atoms with Crippen LogP contribution in [0.15, 0.2) is 30.5 Å². The van der Waals surface area contributed by atoms with E-state index in [2.05, 4.69) is 25.1 Å². The molecule has 0 fully saturated rings. The number of rotatable bonds is 0. The maximum Gasteiger partial charge on any atom is 0.216 e. The fraction of sp³-hybridized carbons (Fsp3) is 0.182. The summed E-state index contributed by atoms with van der Waals surface area (Å²) < 4.78 is 1.68. The molecule has 0 spiro atoms. The van der Waals surface area contributed by atoms with Crippen LogP contribution in [-0.4, -0.2) is 0 Å². The van der Waals surface area contributed by atoms with Crippen molar-refractivity contribution >= 4 is 10.8 Å². The van der Waals surface area contributed by atoms with E-state index in [4.69, 9.17) is 5.84 Å². The highest BCUT2D eigenvalue weighted by molar-refractivity contribution is 5.85. The fourth-order valence-electron chi connectivity index (χ4n) is 1.66. The lowest BCUT2D eigenvalue weighted by Crippen LogP contribution is -2.47. The molecule has 0 radical (unpaired) electrons. The molecule has 13 heavy (non-hydrogen) atoms. The molecule has 0 aliphatic carbocycles. The van der Waals surface area contributed by atoms with Gasteiger partial charge in [0.05, 0.1) is 5.39 Å². The predicted octanol–water partition coefficient (Wildman–Crippen LogP) is 1.46. The Balaban J connectivity index is 2.97. The maximum absolute atomic E-state index is 5.80. The molecular formula is C11H13N2+. The third kappa shape index (κ3) is 1.15. The lowest BCUT2D eigenvalue weighted by Gasteiger charge is -2.01. The Hall–Kier alpha value is -1.57. The Morgan fingerprint density at radius 3 is 2.38 bits per heavy atom. The van der Waals surface area contributed by atoms with E-state index in [0.29, 0.717) is 0 Å². The first-order valence-electron chi connectivity index (χ1n) is 4.36. The number of nitrogen functional groups attached to an aromatic ring is 1. The molecule has 0 aliphatic rings. The largest absolute Gasteiger partial charge is 0.216 e. The van der Waals surface area contributed by atoms with Gasteiger partial charge in [0.15, 0.2) is 0 Å². The molecule has 2 heteroatoms. The summed E-state index contributed by atoms with van der Waals surface area (Å²) in [6.07, 6.45) is 1.96. The third-order valence-corrected chi connectivity index (χ3v) is 2.46. The SMILES string of the molecule is Cc1c[n+](N)c(C)c2ccccc12. The average Bonchev–Trinajstić information content (AvgIpc) is 2.15. The van der Waals surface area contributed by atoms with Crippen LogP contribution in [0.4, 0.5) is 0 Å². The number of aryl methyl sites for hydroxylation is 2. The van der Waals surface area contributed by atoms with Gasteiger partial charge in [-0.2, -0.15) is 0 Å². The zero-order chi connectivity index (χ0) is 9.42. The molecule has 2 nitrogen and oxygen atoms in total. The van der Waals surface area contributed by atoms with Gasteiger partial charge in [-0.1, -0.05) is 22.9 Å². The van der Waals surface area contributed by atoms with Crippen LogP contribution in [0, 0.1) is 13.8 Å². The first-order chi connectivity index (χ1) is 6.20. The summed E-state index contributed by atoms with van der Waals surface area (Å²) in [5, 5.41) is 2.51. The van der Waals surface area contributed by atoms with E-state index < -0.39 is 0 Å². The van der Waals surface area contributed by atoms with Gasteiger partial charge in [0.1, 0.15) is 0 Å². The highest BCUT2D eigenvalue weighted by Crippen LogP contribution is 2.17. The number of aromatic nitrogens is 1. The van der Waals surface area contributed by atoms with E-state index in [0.717, 1.165) is 5.69 Å². The van der Waals surface area contributed by atoms with Gasteiger partial charge in [0, 0.05) is 12.5 Å². The molecule has 0 aliphatic heterocycles. The van der Waals surface area contributed by atoms with E-state index in [1.165, 1.54) is 16.3 Å². The summed E-state index contributed by atoms with van der Waals surface area (Å²) in [6.45, 7) is 4.10. The number of fused-ring (bicyclic) bond motifs is 1. The van der Waals surface area contributed by atoms with Gasteiger partial charge in [-0.15, -0.1) is 0 Å². The van der Waals surface area contributed by atoms with Crippen LogP contribution in [-0.2, 0) is 0 Å². The lowest BCUT2D eigenvalue weighted by atomic mass is 10.1. The van der Waals surface area contributed by atoms with Crippen molar-refractivity contribution in [1.29, 1.82) is 0 Å². The van der Waals surface area contributed by atoms with Crippen molar-refractivity contribution in [2.75, 3.05) is 5.84 Å². The molecule has 0 unspecified atom stereocenters. The van der Waals surface area contributed by atoms with Crippen molar-refractivity contribution in [3.63, 3.8) is 0 Å². The minimum Gasteiger partial charge on any atom is -0.205 e. The molecule has 2 N–H and O–H groups in total. The van der Waals surface area contributed by atoms with Crippen LogP contribution in [0.3, 0.4) is 0 Å². The third-order valence-electron chi connectivity index (χ3n) is 2.46. The van der Waals surface area contributed by atoms with E-state index in [1.54, 1.807) is 4.68 Å².